The summed E-state index contributed by atoms with van der Waals surface area (Å²) in [6, 6.07) is -0.0771. The van der Waals surface area contributed by atoms with Crippen LogP contribution in [0.3, 0.4) is 0 Å². The molecule has 1 aliphatic heterocycles. The van der Waals surface area contributed by atoms with Crippen molar-refractivity contribution in [1.82, 2.24) is 14.7 Å². The SMILES string of the molecule is CCOC(=O)C1=CN=C(c2cnn(C)c2)N(C)C1C. The molecule has 0 fully saturated rings. The highest BCUT2D eigenvalue weighted by molar-refractivity contribution is 6.02. The normalized spacial score (nSPS) is 18.9. The number of rotatable bonds is 3. The fourth-order valence-corrected chi connectivity index (χ4v) is 1.97. The van der Waals surface area contributed by atoms with Crippen LogP contribution in [-0.4, -0.2) is 46.2 Å². The van der Waals surface area contributed by atoms with Gasteiger partial charge in [-0.3, -0.25) is 4.68 Å². The number of nitrogens with zero attached hydrogens (tertiary/aromatic N) is 4. The quantitative estimate of drug-likeness (QED) is 0.761. The number of carbonyl (C=O) groups excluding carboxylic acids is 1. The zero-order valence-electron chi connectivity index (χ0n) is 11.6. The number of ether oxygens (including phenoxy) is 1. The molecule has 0 bridgehead atoms. The summed E-state index contributed by atoms with van der Waals surface area (Å²) in [4.78, 5) is 18.1. The summed E-state index contributed by atoms with van der Waals surface area (Å²) in [5, 5.41) is 4.13. The molecule has 1 aliphatic rings. The van der Waals surface area contributed by atoms with Gasteiger partial charge in [0.2, 0.25) is 0 Å². The van der Waals surface area contributed by atoms with Crippen LogP contribution in [0.1, 0.15) is 19.4 Å². The smallest absolute Gasteiger partial charge is 0.337 e. The van der Waals surface area contributed by atoms with Crippen LogP contribution in [-0.2, 0) is 16.6 Å². The lowest BCUT2D eigenvalue weighted by Gasteiger charge is -2.31. The molecule has 0 saturated heterocycles. The number of esters is 1. The second kappa shape index (κ2) is 5.26. The lowest BCUT2D eigenvalue weighted by atomic mass is 10.1. The van der Waals surface area contributed by atoms with Crippen molar-refractivity contribution in [1.29, 1.82) is 0 Å². The van der Waals surface area contributed by atoms with Gasteiger partial charge in [-0.15, -0.1) is 0 Å². The lowest BCUT2D eigenvalue weighted by molar-refractivity contribution is -0.139. The van der Waals surface area contributed by atoms with E-state index in [2.05, 4.69) is 10.1 Å². The largest absolute Gasteiger partial charge is 0.463 e. The summed E-state index contributed by atoms with van der Waals surface area (Å²) in [6.07, 6.45) is 5.24. The Labute approximate surface area is 112 Å². The molecule has 2 rings (SSSR count). The second-order valence-corrected chi connectivity index (χ2v) is 4.45. The van der Waals surface area contributed by atoms with Gasteiger partial charge in [0.1, 0.15) is 5.84 Å². The van der Waals surface area contributed by atoms with Crippen molar-refractivity contribution in [2.45, 2.75) is 19.9 Å². The van der Waals surface area contributed by atoms with Gasteiger partial charge in [-0.25, -0.2) is 9.79 Å². The van der Waals surface area contributed by atoms with E-state index >= 15 is 0 Å². The molecule has 1 atom stereocenters. The topological polar surface area (TPSA) is 59.7 Å². The third kappa shape index (κ3) is 2.52. The molecule has 6 nitrogen and oxygen atoms in total. The first-order valence-corrected chi connectivity index (χ1v) is 6.21. The number of aromatic nitrogens is 2. The van der Waals surface area contributed by atoms with Gasteiger partial charge in [0.15, 0.2) is 0 Å². The average Bonchev–Trinajstić information content (AvgIpc) is 2.79. The fourth-order valence-electron chi connectivity index (χ4n) is 1.97. The monoisotopic (exact) mass is 262 g/mol. The number of likely N-dealkylation sites (N-methyl/N-ethyl adjacent to an activating group) is 1. The maximum atomic E-state index is 11.8. The summed E-state index contributed by atoms with van der Waals surface area (Å²) in [5.41, 5.74) is 1.49. The Balaban J connectivity index is 2.31. The van der Waals surface area contributed by atoms with E-state index in [0.29, 0.717) is 12.2 Å². The van der Waals surface area contributed by atoms with E-state index in [-0.39, 0.29) is 12.0 Å². The molecule has 1 aromatic rings. The predicted molar refractivity (Wildman–Crippen MR) is 71.7 cm³/mol. The molecule has 0 spiro atoms. The van der Waals surface area contributed by atoms with Crippen LogP contribution >= 0.6 is 0 Å². The summed E-state index contributed by atoms with van der Waals surface area (Å²) in [5.74, 6) is 0.490. The first-order chi connectivity index (χ1) is 9.04. The first kappa shape index (κ1) is 13.3. The van der Waals surface area contributed by atoms with E-state index in [1.165, 1.54) is 0 Å². The third-order valence-corrected chi connectivity index (χ3v) is 3.17. The molecule has 0 amide bonds. The van der Waals surface area contributed by atoms with Gasteiger partial charge in [-0.1, -0.05) is 0 Å². The number of carbonyl (C=O) groups is 1. The summed E-state index contributed by atoms with van der Waals surface area (Å²) >= 11 is 0. The van der Waals surface area contributed by atoms with Crippen molar-refractivity contribution in [3.8, 4) is 0 Å². The van der Waals surface area contributed by atoms with Crippen molar-refractivity contribution in [3.63, 3.8) is 0 Å². The Kier molecular flexibility index (Phi) is 3.69. The minimum atomic E-state index is -0.309. The first-order valence-electron chi connectivity index (χ1n) is 6.21. The van der Waals surface area contributed by atoms with E-state index in [4.69, 9.17) is 4.74 Å². The molecule has 19 heavy (non-hydrogen) atoms. The van der Waals surface area contributed by atoms with Crippen molar-refractivity contribution in [2.24, 2.45) is 12.0 Å². The highest BCUT2D eigenvalue weighted by Crippen LogP contribution is 2.19. The molecule has 0 aliphatic carbocycles. The minimum absolute atomic E-state index is 0.0771. The highest BCUT2D eigenvalue weighted by atomic mass is 16.5. The Morgan fingerprint density at radius 2 is 2.21 bits per heavy atom. The molecule has 6 heteroatoms. The van der Waals surface area contributed by atoms with Gasteiger partial charge < -0.3 is 9.64 Å². The minimum Gasteiger partial charge on any atom is -0.463 e. The Morgan fingerprint density at radius 1 is 1.47 bits per heavy atom. The number of hydrogen-bond acceptors (Lipinski definition) is 5. The standard InChI is InChI=1S/C13H18N4O2/c1-5-19-13(18)11-7-14-12(17(4)9(11)2)10-6-15-16(3)8-10/h6-9H,5H2,1-4H3. The molecule has 0 N–H and O–H groups in total. The van der Waals surface area contributed by atoms with Gasteiger partial charge >= 0.3 is 5.97 Å². The Hall–Kier alpha value is -2.11. The van der Waals surface area contributed by atoms with Crippen LogP contribution < -0.4 is 0 Å². The summed E-state index contributed by atoms with van der Waals surface area (Å²) < 4.78 is 6.75. The molecule has 0 saturated carbocycles. The predicted octanol–water partition coefficient (Wildman–Crippen LogP) is 0.948. The van der Waals surface area contributed by atoms with Crippen LogP contribution in [0, 0.1) is 0 Å². The van der Waals surface area contributed by atoms with Gasteiger partial charge in [-0.05, 0) is 13.8 Å². The average molecular weight is 262 g/mol. The van der Waals surface area contributed by atoms with E-state index < -0.39 is 0 Å². The Morgan fingerprint density at radius 3 is 2.79 bits per heavy atom. The fraction of sp³-hybridized carbons (Fsp3) is 0.462. The maximum Gasteiger partial charge on any atom is 0.337 e. The number of aliphatic imine (C=N–C) groups is 1. The van der Waals surface area contributed by atoms with E-state index in [1.807, 2.05) is 32.1 Å². The van der Waals surface area contributed by atoms with Crippen molar-refractivity contribution >= 4 is 11.8 Å². The van der Waals surface area contributed by atoms with E-state index in [1.54, 1.807) is 24.0 Å². The van der Waals surface area contributed by atoms with Gasteiger partial charge in [0.25, 0.3) is 0 Å². The summed E-state index contributed by atoms with van der Waals surface area (Å²) in [7, 11) is 3.76. The van der Waals surface area contributed by atoms with Crippen molar-refractivity contribution in [3.05, 3.63) is 29.7 Å². The van der Waals surface area contributed by atoms with E-state index in [0.717, 1.165) is 11.4 Å². The lowest BCUT2D eigenvalue weighted by Crippen LogP contribution is -2.41. The van der Waals surface area contributed by atoms with Crippen LogP contribution in [0.4, 0.5) is 0 Å². The van der Waals surface area contributed by atoms with Gasteiger partial charge in [0.05, 0.1) is 30.0 Å². The van der Waals surface area contributed by atoms with Gasteiger partial charge in [-0.2, -0.15) is 5.10 Å². The van der Waals surface area contributed by atoms with Crippen molar-refractivity contribution in [2.75, 3.05) is 13.7 Å². The third-order valence-electron chi connectivity index (χ3n) is 3.17. The molecule has 2 heterocycles. The van der Waals surface area contributed by atoms with E-state index in [9.17, 15) is 4.79 Å². The number of hydrogen-bond donors (Lipinski definition) is 0. The number of aryl methyl sites for hydroxylation is 1. The molecule has 0 radical (unpaired) electrons. The zero-order chi connectivity index (χ0) is 14.0. The van der Waals surface area contributed by atoms with Gasteiger partial charge in [0, 0.05) is 26.5 Å². The molecular weight excluding hydrogens is 244 g/mol. The van der Waals surface area contributed by atoms with Crippen LogP contribution in [0.5, 0.6) is 0 Å². The highest BCUT2D eigenvalue weighted by Gasteiger charge is 2.28. The molecule has 0 aromatic carbocycles. The van der Waals surface area contributed by atoms with Crippen LogP contribution in [0.25, 0.3) is 0 Å². The molecule has 1 unspecified atom stereocenters. The zero-order valence-corrected chi connectivity index (χ0v) is 11.6. The maximum absolute atomic E-state index is 11.8. The summed E-state index contributed by atoms with van der Waals surface area (Å²) in [6.45, 7) is 4.11. The molecular formula is C13H18N4O2. The number of amidine groups is 1. The molecule has 1 aromatic heterocycles. The van der Waals surface area contributed by atoms with Crippen molar-refractivity contribution < 1.29 is 9.53 Å². The Bertz CT molecular complexity index is 545. The second-order valence-electron chi connectivity index (χ2n) is 4.45. The van der Waals surface area contributed by atoms with Crippen LogP contribution in [0.2, 0.25) is 0 Å². The van der Waals surface area contributed by atoms with Crippen LogP contribution in [0.15, 0.2) is 29.2 Å². The molecule has 102 valence electrons.